The van der Waals surface area contributed by atoms with Crippen LogP contribution in [-0.4, -0.2) is 36.9 Å². The molecule has 8 heteroatoms. The summed E-state index contributed by atoms with van der Waals surface area (Å²) in [5.74, 6) is -1.46. The molecule has 3 aromatic rings. The number of anilines is 3. The Hall–Kier alpha value is -3.68. The van der Waals surface area contributed by atoms with Crippen molar-refractivity contribution in [2.45, 2.75) is 5.92 Å². The summed E-state index contributed by atoms with van der Waals surface area (Å²) < 4.78 is 14.2. The molecule has 3 aromatic carbocycles. The Morgan fingerprint density at radius 2 is 1.77 bits per heavy atom. The maximum Gasteiger partial charge on any atom is 0.248 e. The lowest BCUT2D eigenvalue weighted by molar-refractivity contribution is -0.120. The van der Waals surface area contributed by atoms with E-state index in [0.717, 1.165) is 11.1 Å². The second kappa shape index (κ2) is 10.7. The summed E-state index contributed by atoms with van der Waals surface area (Å²) in [7, 11) is 1.96. The van der Waals surface area contributed by atoms with Gasteiger partial charge in [0.05, 0.1) is 23.0 Å². The quantitative estimate of drug-likeness (QED) is 0.334. The number of para-hydroxylation sites is 2. The van der Waals surface area contributed by atoms with Gasteiger partial charge < -0.3 is 21.3 Å². The third kappa shape index (κ3) is 6.07. The van der Waals surface area contributed by atoms with E-state index in [1.165, 1.54) is 18.2 Å². The molecule has 180 valence electrons. The molecule has 2 atom stereocenters. The average molecular weight is 493 g/mol. The Labute approximate surface area is 208 Å². The highest BCUT2D eigenvalue weighted by Crippen LogP contribution is 2.33. The largest absolute Gasteiger partial charge is 0.397 e. The van der Waals surface area contributed by atoms with E-state index in [2.05, 4.69) is 15.5 Å². The van der Waals surface area contributed by atoms with E-state index in [0.29, 0.717) is 24.5 Å². The van der Waals surface area contributed by atoms with Gasteiger partial charge in [-0.05, 0) is 54.6 Å². The number of rotatable bonds is 6. The number of carbonyl (C=O) groups excluding carboxylic acids is 2. The first-order valence-electron chi connectivity index (χ1n) is 11.2. The first-order chi connectivity index (χ1) is 16.8. The number of amides is 2. The molecule has 0 saturated carbocycles. The first kappa shape index (κ1) is 24.4. The number of benzene rings is 3. The number of likely N-dealkylation sites (N-methyl/N-ethyl adjacent to an activating group) is 1. The van der Waals surface area contributed by atoms with E-state index in [-0.39, 0.29) is 34.4 Å². The number of carbonyl (C=O) groups is 2. The summed E-state index contributed by atoms with van der Waals surface area (Å²) in [6.45, 7) is 1.27. The van der Waals surface area contributed by atoms with Crippen LogP contribution in [0.3, 0.4) is 0 Å². The van der Waals surface area contributed by atoms with Crippen LogP contribution in [0.25, 0.3) is 6.08 Å². The number of halogens is 2. The zero-order valence-electron chi connectivity index (χ0n) is 19.2. The lowest BCUT2D eigenvalue weighted by Gasteiger charge is -2.19. The summed E-state index contributed by atoms with van der Waals surface area (Å²) in [5, 5.41) is 5.73. The predicted molar refractivity (Wildman–Crippen MR) is 139 cm³/mol. The Bertz CT molecular complexity index is 1260. The molecule has 6 nitrogen and oxygen atoms in total. The number of nitrogens with zero attached hydrogens (tertiary/aromatic N) is 1. The minimum Gasteiger partial charge on any atom is -0.397 e. The van der Waals surface area contributed by atoms with Gasteiger partial charge in [0.25, 0.3) is 0 Å². The van der Waals surface area contributed by atoms with Crippen LogP contribution in [0.1, 0.15) is 17.0 Å². The standard InChI is InChI=1S/C27H26ClFN4O2/c1-33-15-20(21(16-33)27(35)32-24-12-11-19(28)14-22(24)29)18-9-6-17(7-10-18)8-13-26(34)31-25-5-3-2-4-23(25)30/h2-14,20-21H,15-16,30H2,1H3,(H,31,34)(H,32,35)/b13-8+/t20-,21+/m1/s1. The summed E-state index contributed by atoms with van der Waals surface area (Å²) in [5.41, 5.74) is 8.88. The fourth-order valence-corrected chi connectivity index (χ4v) is 4.39. The maximum absolute atomic E-state index is 14.2. The molecule has 4 N–H and O–H groups in total. The predicted octanol–water partition coefficient (Wildman–Crippen LogP) is 5.00. The molecule has 1 heterocycles. The zero-order valence-corrected chi connectivity index (χ0v) is 19.9. The molecular formula is C27H26ClFN4O2. The average Bonchev–Trinajstić information content (AvgIpc) is 3.23. The molecule has 0 bridgehead atoms. The van der Waals surface area contributed by atoms with Gasteiger partial charge in [0.2, 0.25) is 11.8 Å². The van der Waals surface area contributed by atoms with Crippen molar-refractivity contribution in [1.29, 1.82) is 0 Å². The molecular weight excluding hydrogens is 467 g/mol. The van der Waals surface area contributed by atoms with Gasteiger partial charge in [-0.3, -0.25) is 9.59 Å². The van der Waals surface area contributed by atoms with E-state index in [1.807, 2.05) is 31.3 Å². The van der Waals surface area contributed by atoms with Crippen LogP contribution < -0.4 is 16.4 Å². The number of hydrogen-bond donors (Lipinski definition) is 3. The Kier molecular flexibility index (Phi) is 7.48. The molecule has 1 saturated heterocycles. The fraction of sp³-hybridized carbons (Fsp3) is 0.185. The van der Waals surface area contributed by atoms with Crippen LogP contribution in [-0.2, 0) is 9.59 Å². The van der Waals surface area contributed by atoms with E-state index in [1.54, 1.807) is 36.4 Å². The molecule has 2 amide bonds. The normalized spacial score (nSPS) is 18.0. The topological polar surface area (TPSA) is 87.5 Å². The number of likely N-dealkylation sites (tertiary alicyclic amines) is 1. The van der Waals surface area contributed by atoms with E-state index in [4.69, 9.17) is 17.3 Å². The van der Waals surface area contributed by atoms with Crippen molar-refractivity contribution < 1.29 is 14.0 Å². The van der Waals surface area contributed by atoms with Gasteiger partial charge in [-0.15, -0.1) is 0 Å². The van der Waals surface area contributed by atoms with Gasteiger partial charge in [-0.25, -0.2) is 4.39 Å². The molecule has 1 aliphatic heterocycles. The molecule has 1 fully saturated rings. The van der Waals surface area contributed by atoms with Crippen molar-refractivity contribution in [2.75, 3.05) is 36.5 Å². The van der Waals surface area contributed by atoms with Gasteiger partial charge >= 0.3 is 0 Å². The highest BCUT2D eigenvalue weighted by atomic mass is 35.5. The molecule has 0 aromatic heterocycles. The van der Waals surface area contributed by atoms with Crippen LogP contribution in [0.4, 0.5) is 21.5 Å². The summed E-state index contributed by atoms with van der Waals surface area (Å²) in [6, 6.07) is 19.0. The monoisotopic (exact) mass is 492 g/mol. The minimum atomic E-state index is -0.566. The SMILES string of the molecule is CN1C[C@H](C(=O)Nc2ccc(Cl)cc2F)[C@@H](c2ccc(/C=C/C(=O)Nc3ccccc3N)cc2)C1. The van der Waals surface area contributed by atoms with Crippen molar-refractivity contribution in [1.82, 2.24) is 4.90 Å². The van der Waals surface area contributed by atoms with Gasteiger partial charge in [0.15, 0.2) is 0 Å². The van der Waals surface area contributed by atoms with Gasteiger partial charge in [0, 0.05) is 30.1 Å². The van der Waals surface area contributed by atoms with E-state index >= 15 is 0 Å². The van der Waals surface area contributed by atoms with Crippen molar-refractivity contribution in [3.8, 4) is 0 Å². The van der Waals surface area contributed by atoms with Gasteiger partial charge in [-0.1, -0.05) is 48.0 Å². The molecule has 35 heavy (non-hydrogen) atoms. The van der Waals surface area contributed by atoms with Crippen LogP contribution in [0.2, 0.25) is 5.02 Å². The van der Waals surface area contributed by atoms with Gasteiger partial charge in [-0.2, -0.15) is 0 Å². The first-order valence-corrected chi connectivity index (χ1v) is 11.6. The molecule has 0 aliphatic carbocycles. The molecule has 4 rings (SSSR count). The van der Waals surface area contributed by atoms with Crippen molar-refractivity contribution in [3.63, 3.8) is 0 Å². The van der Waals surface area contributed by atoms with Crippen LogP contribution in [0.5, 0.6) is 0 Å². The number of nitrogen functional groups attached to an aromatic ring is 1. The van der Waals surface area contributed by atoms with E-state index < -0.39 is 5.82 Å². The minimum absolute atomic E-state index is 0.0438. The van der Waals surface area contributed by atoms with Crippen molar-refractivity contribution >= 4 is 46.6 Å². The maximum atomic E-state index is 14.2. The van der Waals surface area contributed by atoms with Crippen LogP contribution in [0.15, 0.2) is 72.8 Å². The highest BCUT2D eigenvalue weighted by Gasteiger charge is 2.37. The highest BCUT2D eigenvalue weighted by molar-refractivity contribution is 6.30. The van der Waals surface area contributed by atoms with Gasteiger partial charge in [0.1, 0.15) is 5.82 Å². The molecule has 1 aliphatic rings. The summed E-state index contributed by atoms with van der Waals surface area (Å²) >= 11 is 5.81. The summed E-state index contributed by atoms with van der Waals surface area (Å²) in [6.07, 6.45) is 3.16. The van der Waals surface area contributed by atoms with Crippen LogP contribution >= 0.6 is 11.6 Å². The fourth-order valence-electron chi connectivity index (χ4n) is 4.23. The smallest absolute Gasteiger partial charge is 0.248 e. The van der Waals surface area contributed by atoms with Crippen molar-refractivity contribution in [3.05, 3.63) is 94.8 Å². The zero-order chi connectivity index (χ0) is 24.9. The molecule has 0 unspecified atom stereocenters. The van der Waals surface area contributed by atoms with E-state index in [9.17, 15) is 14.0 Å². The Morgan fingerprint density at radius 3 is 2.49 bits per heavy atom. The Balaban J connectivity index is 1.42. The number of nitrogens with two attached hydrogens (primary N) is 1. The Morgan fingerprint density at radius 1 is 1.03 bits per heavy atom. The van der Waals surface area contributed by atoms with Crippen LogP contribution in [0, 0.1) is 11.7 Å². The molecule has 0 radical (unpaired) electrons. The lowest BCUT2D eigenvalue weighted by atomic mass is 9.88. The lowest BCUT2D eigenvalue weighted by Crippen LogP contribution is -2.28. The second-order valence-electron chi connectivity index (χ2n) is 8.62. The number of hydrogen-bond acceptors (Lipinski definition) is 4. The van der Waals surface area contributed by atoms with Crippen molar-refractivity contribution in [2.24, 2.45) is 5.92 Å². The summed E-state index contributed by atoms with van der Waals surface area (Å²) in [4.78, 5) is 27.3. The third-order valence-corrected chi connectivity index (χ3v) is 6.27. The molecule has 0 spiro atoms. The third-order valence-electron chi connectivity index (χ3n) is 6.04. The number of nitrogens with one attached hydrogen (secondary N) is 2. The second-order valence-corrected chi connectivity index (χ2v) is 9.06.